The van der Waals surface area contributed by atoms with Gasteiger partial charge in [-0.05, 0) is 36.6 Å². The van der Waals surface area contributed by atoms with Crippen molar-refractivity contribution in [2.24, 2.45) is 12.0 Å². The van der Waals surface area contributed by atoms with E-state index in [4.69, 9.17) is 4.74 Å². The van der Waals surface area contributed by atoms with Crippen molar-refractivity contribution in [3.63, 3.8) is 0 Å². The number of methoxy groups -OCH3 is 1. The highest BCUT2D eigenvalue weighted by molar-refractivity contribution is 5.87. The maximum Gasteiger partial charge on any atom is 0.235 e. The Morgan fingerprint density at radius 1 is 1.44 bits per heavy atom. The molecule has 0 spiro atoms. The second-order valence-electron chi connectivity index (χ2n) is 4.77. The highest BCUT2D eigenvalue weighted by atomic mass is 16.5. The normalized spacial score (nSPS) is 16.3. The minimum atomic E-state index is -0.354. The first-order chi connectivity index (χ1) is 8.70. The number of benzene rings is 1. The minimum Gasteiger partial charge on any atom is -0.496 e. The maximum absolute atomic E-state index is 10.5. The fraction of sp³-hybridized carbons (Fsp3) is 0.357. The van der Waals surface area contributed by atoms with Crippen molar-refractivity contribution in [2.45, 2.75) is 18.4 Å². The lowest BCUT2D eigenvalue weighted by Crippen LogP contribution is -2.03. The zero-order valence-corrected chi connectivity index (χ0v) is 10.4. The van der Waals surface area contributed by atoms with Gasteiger partial charge in [0, 0.05) is 18.6 Å². The van der Waals surface area contributed by atoms with Crippen molar-refractivity contribution in [1.29, 1.82) is 0 Å². The summed E-state index contributed by atoms with van der Waals surface area (Å²) in [6, 6.07) is 6.10. The average molecular weight is 242 g/mol. The van der Waals surface area contributed by atoms with E-state index in [1.165, 1.54) is 0 Å². The van der Waals surface area contributed by atoms with Gasteiger partial charge in [-0.15, -0.1) is 0 Å². The standard InChI is InChI=1S/C14H14N2O2/c1-16-6-3-11-12(16)7-10(8-13(11)18-2)14(4-5-14)15-9-17/h3,6-8H,4-5H2,1-2H3. The predicted octanol–water partition coefficient (Wildman–Crippen LogP) is 2.51. The number of rotatable bonds is 3. The molecule has 0 saturated heterocycles. The van der Waals surface area contributed by atoms with E-state index >= 15 is 0 Å². The van der Waals surface area contributed by atoms with E-state index in [0.29, 0.717) is 0 Å². The molecule has 4 nitrogen and oxygen atoms in total. The molecule has 0 unspecified atom stereocenters. The second kappa shape index (κ2) is 3.72. The number of isocyanates is 1. The Bertz CT molecular complexity index is 662. The van der Waals surface area contributed by atoms with Crippen molar-refractivity contribution in [3.05, 3.63) is 30.0 Å². The SMILES string of the molecule is COc1cc(C2(N=C=O)CC2)cc2c1ccn2C. The Morgan fingerprint density at radius 2 is 2.22 bits per heavy atom. The number of carbonyl (C=O) groups excluding carboxylic acids is 1. The smallest absolute Gasteiger partial charge is 0.235 e. The van der Waals surface area contributed by atoms with Gasteiger partial charge in [0.25, 0.3) is 0 Å². The lowest BCUT2D eigenvalue weighted by atomic mass is 10.0. The van der Waals surface area contributed by atoms with Gasteiger partial charge in [0.2, 0.25) is 6.08 Å². The molecule has 92 valence electrons. The molecule has 0 atom stereocenters. The molecule has 1 aromatic heterocycles. The van der Waals surface area contributed by atoms with Gasteiger partial charge in [0.1, 0.15) is 5.75 Å². The van der Waals surface area contributed by atoms with Crippen molar-refractivity contribution in [2.75, 3.05) is 7.11 Å². The molecule has 1 aromatic carbocycles. The van der Waals surface area contributed by atoms with Crippen LogP contribution >= 0.6 is 0 Å². The molecule has 1 saturated carbocycles. The molecule has 0 amide bonds. The molecular weight excluding hydrogens is 228 g/mol. The summed E-state index contributed by atoms with van der Waals surface area (Å²) in [6.45, 7) is 0. The molecule has 0 radical (unpaired) electrons. The zero-order chi connectivity index (χ0) is 12.8. The zero-order valence-electron chi connectivity index (χ0n) is 10.4. The second-order valence-corrected chi connectivity index (χ2v) is 4.77. The Labute approximate surface area is 105 Å². The van der Waals surface area contributed by atoms with Crippen molar-refractivity contribution in [1.82, 2.24) is 4.57 Å². The number of aliphatic imine (C=N–C) groups is 1. The Balaban J connectivity index is 2.25. The van der Waals surface area contributed by atoms with E-state index in [-0.39, 0.29) is 5.54 Å². The first kappa shape index (κ1) is 11.1. The Hall–Kier alpha value is -2.06. The third-order valence-corrected chi connectivity index (χ3v) is 3.71. The number of hydrogen-bond donors (Lipinski definition) is 0. The van der Waals surface area contributed by atoms with Crippen LogP contribution in [-0.4, -0.2) is 17.8 Å². The van der Waals surface area contributed by atoms with Gasteiger partial charge in [-0.25, -0.2) is 4.79 Å². The summed E-state index contributed by atoms with van der Waals surface area (Å²) in [7, 11) is 3.65. The third kappa shape index (κ3) is 1.46. The Morgan fingerprint density at radius 3 is 2.83 bits per heavy atom. The van der Waals surface area contributed by atoms with E-state index in [1.54, 1.807) is 13.2 Å². The van der Waals surface area contributed by atoms with Crippen LogP contribution in [-0.2, 0) is 17.4 Å². The van der Waals surface area contributed by atoms with Gasteiger partial charge in [-0.3, -0.25) is 0 Å². The molecule has 1 aliphatic carbocycles. The van der Waals surface area contributed by atoms with Gasteiger partial charge >= 0.3 is 0 Å². The van der Waals surface area contributed by atoms with Crippen LogP contribution in [0.2, 0.25) is 0 Å². The lowest BCUT2D eigenvalue weighted by molar-refractivity contribution is 0.418. The largest absolute Gasteiger partial charge is 0.496 e. The fourth-order valence-corrected chi connectivity index (χ4v) is 2.45. The number of hydrogen-bond acceptors (Lipinski definition) is 3. The summed E-state index contributed by atoms with van der Waals surface area (Å²) in [5.74, 6) is 0.829. The highest BCUT2D eigenvalue weighted by Gasteiger charge is 2.45. The van der Waals surface area contributed by atoms with E-state index in [9.17, 15) is 4.79 Å². The third-order valence-electron chi connectivity index (χ3n) is 3.71. The molecule has 1 fully saturated rings. The van der Waals surface area contributed by atoms with Crippen molar-refractivity contribution >= 4 is 17.0 Å². The molecule has 18 heavy (non-hydrogen) atoms. The van der Waals surface area contributed by atoms with E-state index in [0.717, 1.165) is 35.1 Å². The first-order valence-corrected chi connectivity index (χ1v) is 5.93. The minimum absolute atomic E-state index is 0.354. The fourth-order valence-electron chi connectivity index (χ4n) is 2.45. The number of ether oxygens (including phenoxy) is 1. The monoisotopic (exact) mass is 242 g/mol. The first-order valence-electron chi connectivity index (χ1n) is 5.93. The summed E-state index contributed by atoms with van der Waals surface area (Å²) < 4.78 is 7.47. The summed E-state index contributed by atoms with van der Waals surface area (Å²) in [5, 5.41) is 1.08. The molecule has 4 heteroatoms. The van der Waals surface area contributed by atoms with E-state index in [1.807, 2.05) is 29.9 Å². The van der Waals surface area contributed by atoms with Gasteiger partial charge in [0.05, 0.1) is 18.2 Å². The summed E-state index contributed by atoms with van der Waals surface area (Å²) in [5.41, 5.74) is 1.78. The van der Waals surface area contributed by atoms with E-state index in [2.05, 4.69) is 11.1 Å². The van der Waals surface area contributed by atoms with Gasteiger partial charge in [0.15, 0.2) is 0 Å². The van der Waals surface area contributed by atoms with Crippen molar-refractivity contribution in [3.8, 4) is 5.75 Å². The summed E-state index contributed by atoms with van der Waals surface area (Å²) in [6.07, 6.45) is 5.50. The number of aromatic nitrogens is 1. The number of nitrogens with zero attached hydrogens (tertiary/aromatic N) is 2. The number of fused-ring (bicyclic) bond motifs is 1. The summed E-state index contributed by atoms with van der Waals surface area (Å²) in [4.78, 5) is 14.5. The highest BCUT2D eigenvalue weighted by Crippen LogP contribution is 2.50. The molecule has 0 N–H and O–H groups in total. The predicted molar refractivity (Wildman–Crippen MR) is 68.5 cm³/mol. The molecule has 1 heterocycles. The molecular formula is C14H14N2O2. The van der Waals surface area contributed by atoms with Gasteiger partial charge in [-0.2, -0.15) is 4.99 Å². The lowest BCUT2D eigenvalue weighted by Gasteiger charge is -2.12. The van der Waals surface area contributed by atoms with Crippen LogP contribution in [0.3, 0.4) is 0 Å². The maximum atomic E-state index is 10.5. The van der Waals surface area contributed by atoms with Crippen LogP contribution in [0.25, 0.3) is 10.9 Å². The van der Waals surface area contributed by atoms with Crippen LogP contribution in [0.4, 0.5) is 0 Å². The van der Waals surface area contributed by atoms with Crippen LogP contribution < -0.4 is 4.74 Å². The molecule has 3 rings (SSSR count). The van der Waals surface area contributed by atoms with Crippen molar-refractivity contribution < 1.29 is 9.53 Å². The van der Waals surface area contributed by atoms with Crippen LogP contribution in [0.1, 0.15) is 18.4 Å². The number of aryl methyl sites for hydroxylation is 1. The van der Waals surface area contributed by atoms with Crippen LogP contribution in [0.15, 0.2) is 29.4 Å². The average Bonchev–Trinajstić information content (AvgIpc) is 3.07. The summed E-state index contributed by atoms with van der Waals surface area (Å²) >= 11 is 0. The van der Waals surface area contributed by atoms with E-state index < -0.39 is 0 Å². The van der Waals surface area contributed by atoms with Crippen LogP contribution in [0, 0.1) is 0 Å². The molecule has 1 aliphatic rings. The van der Waals surface area contributed by atoms with Gasteiger partial charge < -0.3 is 9.30 Å². The Kier molecular flexibility index (Phi) is 2.28. The van der Waals surface area contributed by atoms with Crippen LogP contribution in [0.5, 0.6) is 5.75 Å². The quantitative estimate of drug-likeness (QED) is 0.613. The molecule has 0 bridgehead atoms. The molecule has 0 aliphatic heterocycles. The topological polar surface area (TPSA) is 43.6 Å². The van der Waals surface area contributed by atoms with Gasteiger partial charge in [-0.1, -0.05) is 0 Å². The molecule has 2 aromatic rings.